The summed E-state index contributed by atoms with van der Waals surface area (Å²) >= 11 is 7.48. The molecule has 0 N–H and O–H groups in total. The minimum absolute atomic E-state index is 0.562. The van der Waals surface area contributed by atoms with Crippen molar-refractivity contribution in [2.24, 2.45) is 0 Å². The minimum atomic E-state index is 0.562. The van der Waals surface area contributed by atoms with Gasteiger partial charge in [-0.15, -0.1) is 10.2 Å². The topological polar surface area (TPSA) is 78.9 Å². The Labute approximate surface area is 177 Å². The first-order valence-electron chi connectivity index (χ1n) is 8.91. The lowest BCUT2D eigenvalue weighted by Crippen LogP contribution is -2.07. The number of methoxy groups -OCH3 is 1. The van der Waals surface area contributed by atoms with Crippen LogP contribution in [-0.4, -0.2) is 38.6 Å². The highest BCUT2D eigenvalue weighted by Gasteiger charge is 2.15. The summed E-state index contributed by atoms with van der Waals surface area (Å²) in [7, 11) is 1.68. The molecule has 0 atom stereocenters. The van der Waals surface area contributed by atoms with Crippen LogP contribution in [0.1, 0.15) is 5.76 Å². The average Bonchev–Trinajstić information content (AvgIpc) is 3.39. The molecule has 0 saturated carbocycles. The molecule has 0 aliphatic rings. The van der Waals surface area contributed by atoms with Crippen LogP contribution in [0.5, 0.6) is 0 Å². The number of aromatic nitrogens is 5. The van der Waals surface area contributed by atoms with Crippen LogP contribution < -0.4 is 0 Å². The van der Waals surface area contributed by atoms with E-state index in [0.717, 1.165) is 33.6 Å². The lowest BCUT2D eigenvalue weighted by molar-refractivity contribution is 0.185. The molecular formula is C20H18ClN5O2S. The number of hydrogen-bond acceptors (Lipinski definition) is 7. The van der Waals surface area contributed by atoms with Crippen molar-refractivity contribution in [1.29, 1.82) is 0 Å². The molecule has 9 heteroatoms. The summed E-state index contributed by atoms with van der Waals surface area (Å²) in [5.74, 6) is 2.13. The molecule has 4 rings (SSSR count). The highest BCUT2D eigenvalue weighted by molar-refractivity contribution is 7.98. The third kappa shape index (κ3) is 4.67. The molecule has 0 radical (unpaired) electrons. The highest BCUT2D eigenvalue weighted by atomic mass is 35.5. The maximum absolute atomic E-state index is 5.94. The molecule has 0 aliphatic carbocycles. The number of nitrogens with zero attached hydrogens (tertiary/aromatic N) is 5. The zero-order valence-corrected chi connectivity index (χ0v) is 17.2. The lowest BCUT2D eigenvalue weighted by Gasteiger charge is -2.09. The molecule has 0 amide bonds. The van der Waals surface area contributed by atoms with Crippen molar-refractivity contribution in [3.05, 3.63) is 65.6 Å². The average molecular weight is 428 g/mol. The number of benzene rings is 1. The standard InChI is InChI=1S/C20H18ClN5O2S/c1-27-11-10-26-19(15-6-8-22-9-7-15)23-24-20(26)29-13-17-12-18(25-28-17)14-2-4-16(21)5-3-14/h2-9,12H,10-11,13H2,1H3. The van der Waals surface area contributed by atoms with Crippen molar-refractivity contribution in [2.45, 2.75) is 17.5 Å². The first-order valence-corrected chi connectivity index (χ1v) is 10.3. The Bertz CT molecular complexity index is 1070. The largest absolute Gasteiger partial charge is 0.383 e. The Morgan fingerprint density at radius 1 is 1.07 bits per heavy atom. The minimum Gasteiger partial charge on any atom is -0.383 e. The second-order valence-corrected chi connectivity index (χ2v) is 7.54. The number of thioether (sulfide) groups is 1. The third-order valence-corrected chi connectivity index (χ3v) is 5.46. The molecule has 3 heterocycles. The molecule has 148 valence electrons. The third-order valence-electron chi connectivity index (χ3n) is 4.22. The van der Waals surface area contributed by atoms with Crippen LogP contribution >= 0.6 is 23.4 Å². The normalized spacial score (nSPS) is 11.1. The van der Waals surface area contributed by atoms with Gasteiger partial charge in [0, 0.05) is 41.7 Å². The second kappa shape index (κ2) is 9.21. The van der Waals surface area contributed by atoms with Crippen molar-refractivity contribution in [2.75, 3.05) is 13.7 Å². The first-order chi connectivity index (χ1) is 14.2. The molecule has 0 spiro atoms. The maximum Gasteiger partial charge on any atom is 0.192 e. The van der Waals surface area contributed by atoms with E-state index in [0.29, 0.717) is 23.9 Å². The van der Waals surface area contributed by atoms with E-state index < -0.39 is 0 Å². The Morgan fingerprint density at radius 3 is 2.62 bits per heavy atom. The smallest absolute Gasteiger partial charge is 0.192 e. The molecule has 3 aromatic heterocycles. The molecule has 1 aromatic carbocycles. The predicted octanol–water partition coefficient (Wildman–Crippen LogP) is 4.59. The van der Waals surface area contributed by atoms with Gasteiger partial charge in [0.2, 0.25) is 0 Å². The number of rotatable bonds is 8. The number of pyridine rings is 1. The molecule has 0 aliphatic heterocycles. The van der Waals surface area contributed by atoms with Crippen LogP contribution in [-0.2, 0) is 17.0 Å². The molecule has 29 heavy (non-hydrogen) atoms. The summed E-state index contributed by atoms with van der Waals surface area (Å²) < 4.78 is 12.8. The van der Waals surface area contributed by atoms with Crippen molar-refractivity contribution in [1.82, 2.24) is 24.9 Å². The zero-order valence-electron chi connectivity index (χ0n) is 15.7. The van der Waals surface area contributed by atoms with Crippen LogP contribution in [0.2, 0.25) is 5.02 Å². The summed E-state index contributed by atoms with van der Waals surface area (Å²) in [6, 6.07) is 13.2. The van der Waals surface area contributed by atoms with E-state index in [2.05, 4.69) is 20.3 Å². The van der Waals surface area contributed by atoms with Gasteiger partial charge in [-0.2, -0.15) is 0 Å². The maximum atomic E-state index is 5.94. The van der Waals surface area contributed by atoms with Gasteiger partial charge in [-0.3, -0.25) is 9.55 Å². The molecule has 4 aromatic rings. The fourth-order valence-corrected chi connectivity index (χ4v) is 3.73. The van der Waals surface area contributed by atoms with Gasteiger partial charge in [0.15, 0.2) is 11.0 Å². The van der Waals surface area contributed by atoms with Crippen LogP contribution in [0, 0.1) is 0 Å². The van der Waals surface area contributed by atoms with Crippen molar-refractivity contribution in [3.8, 4) is 22.6 Å². The van der Waals surface area contributed by atoms with Gasteiger partial charge in [-0.1, -0.05) is 40.7 Å². The molecule has 0 unspecified atom stereocenters. The lowest BCUT2D eigenvalue weighted by atomic mass is 10.1. The van der Waals surface area contributed by atoms with Gasteiger partial charge in [0.25, 0.3) is 0 Å². The Morgan fingerprint density at radius 2 is 1.86 bits per heavy atom. The van der Waals surface area contributed by atoms with E-state index in [1.54, 1.807) is 31.3 Å². The summed E-state index contributed by atoms with van der Waals surface area (Å²) in [4.78, 5) is 4.06. The number of ether oxygens (including phenoxy) is 1. The van der Waals surface area contributed by atoms with Gasteiger partial charge in [0.05, 0.1) is 18.9 Å². The van der Waals surface area contributed by atoms with Gasteiger partial charge >= 0.3 is 0 Å². The van der Waals surface area contributed by atoms with Crippen LogP contribution in [0.15, 0.2) is 64.5 Å². The van der Waals surface area contributed by atoms with E-state index in [9.17, 15) is 0 Å². The van der Waals surface area contributed by atoms with Gasteiger partial charge in [0.1, 0.15) is 11.5 Å². The Kier molecular flexibility index (Phi) is 6.24. The SMILES string of the molecule is COCCn1c(SCc2cc(-c3ccc(Cl)cc3)no2)nnc1-c1ccncc1. The number of hydrogen-bond donors (Lipinski definition) is 0. The van der Waals surface area contributed by atoms with E-state index >= 15 is 0 Å². The molecule has 0 saturated heterocycles. The van der Waals surface area contributed by atoms with Gasteiger partial charge in [-0.25, -0.2) is 0 Å². The molecule has 0 fully saturated rings. The fourth-order valence-electron chi connectivity index (χ4n) is 2.77. The van der Waals surface area contributed by atoms with Crippen LogP contribution in [0.3, 0.4) is 0 Å². The highest BCUT2D eigenvalue weighted by Crippen LogP contribution is 2.28. The van der Waals surface area contributed by atoms with E-state index in [1.807, 2.05) is 47.0 Å². The van der Waals surface area contributed by atoms with Crippen molar-refractivity contribution >= 4 is 23.4 Å². The Hall–Kier alpha value is -2.68. The van der Waals surface area contributed by atoms with Gasteiger partial charge < -0.3 is 9.26 Å². The van der Waals surface area contributed by atoms with E-state index in [4.69, 9.17) is 20.9 Å². The summed E-state index contributed by atoms with van der Waals surface area (Å²) in [6.07, 6.45) is 3.48. The van der Waals surface area contributed by atoms with Gasteiger partial charge in [-0.05, 0) is 24.3 Å². The van der Waals surface area contributed by atoms with Crippen LogP contribution in [0.25, 0.3) is 22.6 Å². The summed E-state index contributed by atoms with van der Waals surface area (Å²) in [6.45, 7) is 1.21. The molecule has 0 bridgehead atoms. The molecule has 7 nitrogen and oxygen atoms in total. The van der Waals surface area contributed by atoms with Crippen LogP contribution in [0.4, 0.5) is 0 Å². The fraction of sp³-hybridized carbons (Fsp3) is 0.200. The summed E-state index contributed by atoms with van der Waals surface area (Å²) in [5, 5.41) is 14.4. The first kappa shape index (κ1) is 19.6. The summed E-state index contributed by atoms with van der Waals surface area (Å²) in [5.41, 5.74) is 2.69. The van der Waals surface area contributed by atoms with E-state index in [-0.39, 0.29) is 0 Å². The number of halogens is 1. The monoisotopic (exact) mass is 427 g/mol. The quantitative estimate of drug-likeness (QED) is 0.380. The van der Waals surface area contributed by atoms with Crippen molar-refractivity contribution in [3.63, 3.8) is 0 Å². The molecular weight excluding hydrogens is 410 g/mol. The van der Waals surface area contributed by atoms with Crippen molar-refractivity contribution < 1.29 is 9.26 Å². The second-order valence-electron chi connectivity index (χ2n) is 6.16. The predicted molar refractivity (Wildman–Crippen MR) is 112 cm³/mol. The Balaban J connectivity index is 1.51. The van der Waals surface area contributed by atoms with E-state index in [1.165, 1.54) is 0 Å². The zero-order chi connectivity index (χ0) is 20.1.